The highest BCUT2D eigenvalue weighted by Gasteiger charge is 2.65. The van der Waals surface area contributed by atoms with Gasteiger partial charge in [-0.1, -0.05) is 26.3 Å². The van der Waals surface area contributed by atoms with Crippen molar-refractivity contribution in [2.45, 2.75) is 72.3 Å². The van der Waals surface area contributed by atoms with Crippen molar-refractivity contribution in [3.63, 3.8) is 0 Å². The number of hydrogen-bond acceptors (Lipinski definition) is 3. The van der Waals surface area contributed by atoms with Gasteiger partial charge >= 0.3 is 0 Å². The molecule has 8 atom stereocenters. The van der Waals surface area contributed by atoms with Crippen molar-refractivity contribution in [1.29, 1.82) is 0 Å². The Balaban J connectivity index is 1.77. The van der Waals surface area contributed by atoms with Crippen LogP contribution < -0.4 is 0 Å². The summed E-state index contributed by atoms with van der Waals surface area (Å²) in [5.41, 5.74) is 1.16. The van der Waals surface area contributed by atoms with E-state index in [0.717, 1.165) is 32.1 Å². The van der Waals surface area contributed by atoms with E-state index in [-0.39, 0.29) is 40.5 Å². The Kier molecular flexibility index (Phi) is 3.85. The van der Waals surface area contributed by atoms with Crippen molar-refractivity contribution in [3.8, 4) is 0 Å². The van der Waals surface area contributed by atoms with Gasteiger partial charge in [-0.15, -0.1) is 0 Å². The van der Waals surface area contributed by atoms with Gasteiger partial charge in [0.1, 0.15) is 5.78 Å². The number of carbonyl (C=O) groups excluding carboxylic acids is 2. The molecule has 138 valence electrons. The summed E-state index contributed by atoms with van der Waals surface area (Å²) in [6, 6.07) is 0. The van der Waals surface area contributed by atoms with E-state index in [1.165, 1.54) is 5.57 Å². The summed E-state index contributed by atoms with van der Waals surface area (Å²) in [6.07, 6.45) is 7.15. The molecule has 4 aliphatic carbocycles. The molecule has 0 heterocycles. The average Bonchev–Trinajstić information content (AvgIpc) is 2.91. The van der Waals surface area contributed by atoms with Gasteiger partial charge < -0.3 is 5.11 Å². The summed E-state index contributed by atoms with van der Waals surface area (Å²) in [4.78, 5) is 24.3. The van der Waals surface area contributed by atoms with Gasteiger partial charge in [-0.2, -0.15) is 0 Å². The van der Waals surface area contributed by atoms with E-state index >= 15 is 0 Å². The van der Waals surface area contributed by atoms with Crippen molar-refractivity contribution >= 4 is 11.6 Å². The van der Waals surface area contributed by atoms with Crippen LogP contribution in [-0.2, 0) is 9.59 Å². The summed E-state index contributed by atoms with van der Waals surface area (Å²) in [5, 5.41) is 11.4. The van der Waals surface area contributed by atoms with Crippen LogP contribution in [-0.4, -0.2) is 22.8 Å². The fraction of sp³-hybridized carbons (Fsp3) is 0.818. The zero-order valence-corrected chi connectivity index (χ0v) is 16.0. The molecule has 0 spiro atoms. The van der Waals surface area contributed by atoms with Crippen molar-refractivity contribution in [2.75, 3.05) is 0 Å². The molecule has 4 rings (SSSR count). The lowest BCUT2D eigenvalue weighted by atomic mass is 9.43. The zero-order chi connectivity index (χ0) is 18.1. The maximum Gasteiger partial charge on any atom is 0.155 e. The molecule has 0 aromatic rings. The van der Waals surface area contributed by atoms with Crippen molar-refractivity contribution in [2.24, 2.45) is 40.4 Å². The second-order valence-electron chi connectivity index (χ2n) is 9.77. The van der Waals surface area contributed by atoms with Gasteiger partial charge in [-0.25, -0.2) is 0 Å². The highest BCUT2D eigenvalue weighted by molar-refractivity contribution is 5.91. The molecule has 0 aliphatic heterocycles. The molecule has 0 bridgehead atoms. The molecule has 0 amide bonds. The summed E-state index contributed by atoms with van der Waals surface area (Å²) < 4.78 is 0. The van der Waals surface area contributed by atoms with Crippen LogP contribution in [0.5, 0.6) is 0 Å². The molecular weight excluding hydrogens is 312 g/mol. The van der Waals surface area contributed by atoms with E-state index in [2.05, 4.69) is 20.8 Å². The Morgan fingerprint density at radius 2 is 1.92 bits per heavy atom. The van der Waals surface area contributed by atoms with Crippen molar-refractivity contribution in [3.05, 3.63) is 11.6 Å². The average molecular weight is 344 g/mol. The molecule has 3 nitrogen and oxygen atoms in total. The van der Waals surface area contributed by atoms with Gasteiger partial charge in [-0.05, 0) is 79.6 Å². The van der Waals surface area contributed by atoms with Crippen molar-refractivity contribution in [1.82, 2.24) is 0 Å². The molecule has 0 radical (unpaired) electrons. The number of aliphatic hydroxyl groups is 1. The van der Waals surface area contributed by atoms with E-state index in [1.54, 1.807) is 6.92 Å². The number of hydrogen-bond donors (Lipinski definition) is 1. The second-order valence-corrected chi connectivity index (χ2v) is 9.77. The molecule has 1 N–H and O–H groups in total. The van der Waals surface area contributed by atoms with Crippen LogP contribution in [0.25, 0.3) is 0 Å². The SMILES string of the molecule is CC(=O)[C@H]1CC[C@H]2[C@@H]3CCC4=CC(=O)CC[C@]4(C)[C@H]3C(O)C(C)[C@]12C. The molecule has 3 heteroatoms. The van der Waals surface area contributed by atoms with E-state index < -0.39 is 0 Å². The first kappa shape index (κ1) is 17.5. The minimum absolute atomic E-state index is 0.0415. The lowest BCUT2D eigenvalue weighted by Gasteiger charge is -2.62. The topological polar surface area (TPSA) is 54.4 Å². The Labute approximate surface area is 151 Å². The lowest BCUT2D eigenvalue weighted by molar-refractivity contribution is -0.169. The molecule has 25 heavy (non-hydrogen) atoms. The molecule has 2 unspecified atom stereocenters. The summed E-state index contributed by atoms with van der Waals surface area (Å²) in [5.74, 6) is 2.03. The molecular formula is C22H32O3. The molecule has 4 aliphatic rings. The molecule has 0 aromatic heterocycles. The zero-order valence-electron chi connectivity index (χ0n) is 16.0. The van der Waals surface area contributed by atoms with E-state index in [0.29, 0.717) is 24.0 Å². The van der Waals surface area contributed by atoms with Crippen molar-refractivity contribution < 1.29 is 14.7 Å². The quantitative estimate of drug-likeness (QED) is 0.784. The summed E-state index contributed by atoms with van der Waals surface area (Å²) in [7, 11) is 0. The lowest BCUT2D eigenvalue weighted by Crippen LogP contribution is -2.60. The molecule has 3 saturated carbocycles. The summed E-state index contributed by atoms with van der Waals surface area (Å²) >= 11 is 0. The maximum absolute atomic E-state index is 12.3. The number of allylic oxidation sites excluding steroid dienone is 1. The van der Waals surface area contributed by atoms with Crippen LogP contribution in [0.3, 0.4) is 0 Å². The minimum Gasteiger partial charge on any atom is -0.392 e. The number of aliphatic hydroxyl groups excluding tert-OH is 1. The van der Waals surface area contributed by atoms with Crippen LogP contribution >= 0.6 is 0 Å². The number of rotatable bonds is 1. The van der Waals surface area contributed by atoms with E-state index in [4.69, 9.17) is 0 Å². The predicted molar refractivity (Wildman–Crippen MR) is 96.8 cm³/mol. The highest BCUT2D eigenvalue weighted by Crippen LogP contribution is 2.68. The standard InChI is InChI=1S/C22H32O3/c1-12-20(25)19-16(18-8-7-17(13(2)23)22(12,18)4)6-5-14-11-15(24)9-10-21(14,19)3/h11-12,16-20,25H,5-10H2,1-4H3/t12?,16-,17+,18-,19+,20?,21-,22+/m0/s1. The Bertz CT molecular complexity index is 650. The smallest absolute Gasteiger partial charge is 0.155 e. The van der Waals surface area contributed by atoms with Crippen LogP contribution in [0, 0.1) is 40.4 Å². The summed E-state index contributed by atoms with van der Waals surface area (Å²) in [6.45, 7) is 8.47. The van der Waals surface area contributed by atoms with Gasteiger partial charge in [0.2, 0.25) is 0 Å². The highest BCUT2D eigenvalue weighted by atomic mass is 16.3. The fourth-order valence-corrected chi connectivity index (χ4v) is 7.65. The first-order chi connectivity index (χ1) is 11.7. The third kappa shape index (κ3) is 2.14. The molecule has 0 aromatic carbocycles. The van der Waals surface area contributed by atoms with Gasteiger partial charge in [0.15, 0.2) is 5.78 Å². The molecule has 3 fully saturated rings. The number of ketones is 2. The van der Waals surface area contributed by atoms with E-state index in [1.807, 2.05) is 6.08 Å². The predicted octanol–water partition coefficient (Wildman–Crippen LogP) is 3.94. The number of carbonyl (C=O) groups is 2. The molecule has 0 saturated heterocycles. The first-order valence-corrected chi connectivity index (χ1v) is 10.1. The Hall–Kier alpha value is -0.960. The maximum atomic E-state index is 12.3. The van der Waals surface area contributed by atoms with E-state index in [9.17, 15) is 14.7 Å². The normalized spacial score (nSPS) is 52.0. The van der Waals surface area contributed by atoms with Crippen LogP contribution in [0.2, 0.25) is 0 Å². The van der Waals surface area contributed by atoms with Crippen LogP contribution in [0.1, 0.15) is 66.2 Å². The minimum atomic E-state index is -0.381. The second kappa shape index (κ2) is 5.52. The number of fused-ring (bicyclic) bond motifs is 5. The van der Waals surface area contributed by atoms with Gasteiger partial charge in [-0.3, -0.25) is 9.59 Å². The van der Waals surface area contributed by atoms with Gasteiger partial charge in [0, 0.05) is 12.3 Å². The third-order valence-corrected chi connectivity index (χ3v) is 9.09. The third-order valence-electron chi connectivity index (χ3n) is 9.09. The monoisotopic (exact) mass is 344 g/mol. The fourth-order valence-electron chi connectivity index (χ4n) is 7.65. The number of Topliss-reactive ketones (excluding diaryl/α,β-unsaturated/α-hetero) is 1. The van der Waals surface area contributed by atoms with Gasteiger partial charge in [0.05, 0.1) is 6.10 Å². The van der Waals surface area contributed by atoms with Gasteiger partial charge in [0.25, 0.3) is 0 Å². The van der Waals surface area contributed by atoms with Crippen LogP contribution in [0.15, 0.2) is 11.6 Å². The first-order valence-electron chi connectivity index (χ1n) is 10.1. The van der Waals surface area contributed by atoms with Crippen LogP contribution in [0.4, 0.5) is 0 Å². The Morgan fingerprint density at radius 1 is 1.20 bits per heavy atom. The largest absolute Gasteiger partial charge is 0.392 e. The Morgan fingerprint density at radius 3 is 2.60 bits per heavy atom.